The van der Waals surface area contributed by atoms with Crippen LogP contribution in [-0.2, 0) is 0 Å². The number of rotatable bonds is 5. The van der Waals surface area contributed by atoms with Crippen LogP contribution in [0, 0.1) is 5.92 Å². The molecule has 2 aromatic heterocycles. The van der Waals surface area contributed by atoms with Gasteiger partial charge in [-0.25, -0.2) is 0 Å². The molecule has 1 aliphatic heterocycles. The van der Waals surface area contributed by atoms with Gasteiger partial charge in [-0.15, -0.1) is 0 Å². The van der Waals surface area contributed by atoms with E-state index in [1.807, 2.05) is 52.1 Å². The van der Waals surface area contributed by atoms with Crippen molar-refractivity contribution in [3.8, 4) is 17.0 Å². The van der Waals surface area contributed by atoms with Gasteiger partial charge in [0, 0.05) is 24.0 Å². The van der Waals surface area contributed by atoms with Crippen molar-refractivity contribution >= 4 is 17.2 Å². The first-order valence-corrected chi connectivity index (χ1v) is 9.78. The van der Waals surface area contributed by atoms with E-state index in [0.717, 1.165) is 42.9 Å². The summed E-state index contributed by atoms with van der Waals surface area (Å²) in [6.07, 6.45) is 3.56. The number of carbonyl (C=O) groups is 1. The fourth-order valence-electron chi connectivity index (χ4n) is 3.28. The van der Waals surface area contributed by atoms with E-state index >= 15 is 0 Å². The normalized spacial score (nSPS) is 15.2. The number of ether oxygens (including phenoxy) is 1. The first kappa shape index (κ1) is 16.8. The first-order valence-electron chi connectivity index (χ1n) is 8.84. The van der Waals surface area contributed by atoms with Gasteiger partial charge in [0.1, 0.15) is 5.75 Å². The molecule has 0 radical (unpaired) electrons. The van der Waals surface area contributed by atoms with E-state index in [9.17, 15) is 4.79 Å². The molecule has 5 nitrogen and oxygen atoms in total. The van der Waals surface area contributed by atoms with Gasteiger partial charge < -0.3 is 9.64 Å². The zero-order valence-corrected chi connectivity index (χ0v) is 15.2. The largest absolute Gasteiger partial charge is 0.493 e. The Labute approximate surface area is 156 Å². The number of hydrogen-bond acceptors (Lipinski definition) is 4. The Morgan fingerprint density at radius 2 is 2.04 bits per heavy atom. The van der Waals surface area contributed by atoms with Crippen LogP contribution in [0.4, 0.5) is 0 Å². The number of hydrogen-bond donors (Lipinski definition) is 1. The number of para-hydroxylation sites is 1. The molecular formula is C20H21N3O2S. The molecule has 6 heteroatoms. The minimum atomic E-state index is 0.0578. The first-order chi connectivity index (χ1) is 12.8. The molecule has 0 unspecified atom stereocenters. The fraction of sp³-hybridized carbons (Fsp3) is 0.300. The van der Waals surface area contributed by atoms with Gasteiger partial charge in [-0.1, -0.05) is 18.2 Å². The minimum absolute atomic E-state index is 0.0578. The molecule has 0 bridgehead atoms. The van der Waals surface area contributed by atoms with Crippen molar-refractivity contribution in [2.24, 2.45) is 5.92 Å². The van der Waals surface area contributed by atoms with Crippen molar-refractivity contribution in [3.05, 3.63) is 58.9 Å². The summed E-state index contributed by atoms with van der Waals surface area (Å²) in [4.78, 5) is 14.8. The number of likely N-dealkylation sites (tertiary alicyclic amines) is 1. The number of aromatic nitrogens is 2. The molecule has 3 heterocycles. The fourth-order valence-corrected chi connectivity index (χ4v) is 3.93. The molecule has 134 valence electrons. The quantitative estimate of drug-likeness (QED) is 0.739. The lowest BCUT2D eigenvalue weighted by Gasteiger charge is -2.31. The predicted octanol–water partition coefficient (Wildman–Crippen LogP) is 4.07. The van der Waals surface area contributed by atoms with Crippen molar-refractivity contribution < 1.29 is 9.53 Å². The maximum absolute atomic E-state index is 12.9. The van der Waals surface area contributed by atoms with Crippen LogP contribution in [0.3, 0.4) is 0 Å². The maximum Gasteiger partial charge on any atom is 0.257 e. The number of benzene rings is 1. The predicted molar refractivity (Wildman–Crippen MR) is 102 cm³/mol. The van der Waals surface area contributed by atoms with Crippen LogP contribution in [0.25, 0.3) is 11.3 Å². The highest BCUT2D eigenvalue weighted by Crippen LogP contribution is 2.26. The van der Waals surface area contributed by atoms with Gasteiger partial charge in [-0.3, -0.25) is 9.89 Å². The van der Waals surface area contributed by atoms with E-state index in [2.05, 4.69) is 10.2 Å². The molecular weight excluding hydrogens is 346 g/mol. The Kier molecular flexibility index (Phi) is 5.02. The molecule has 0 spiro atoms. The Balaban J connectivity index is 1.34. The highest BCUT2D eigenvalue weighted by atomic mass is 32.1. The molecule has 26 heavy (non-hydrogen) atoms. The van der Waals surface area contributed by atoms with Crippen molar-refractivity contribution in [1.29, 1.82) is 0 Å². The van der Waals surface area contributed by atoms with Crippen molar-refractivity contribution in [1.82, 2.24) is 15.1 Å². The summed E-state index contributed by atoms with van der Waals surface area (Å²) in [6, 6.07) is 11.9. The second-order valence-electron chi connectivity index (χ2n) is 6.53. The van der Waals surface area contributed by atoms with E-state index in [0.29, 0.717) is 18.1 Å². The lowest BCUT2D eigenvalue weighted by atomic mass is 9.97. The van der Waals surface area contributed by atoms with Gasteiger partial charge in [0.2, 0.25) is 0 Å². The van der Waals surface area contributed by atoms with Crippen LogP contribution in [0.2, 0.25) is 0 Å². The highest BCUT2D eigenvalue weighted by Gasteiger charge is 2.26. The Morgan fingerprint density at radius 3 is 2.77 bits per heavy atom. The summed E-state index contributed by atoms with van der Waals surface area (Å²) in [5, 5.41) is 11.1. The summed E-state index contributed by atoms with van der Waals surface area (Å²) < 4.78 is 5.86. The van der Waals surface area contributed by atoms with Crippen LogP contribution in [-0.4, -0.2) is 40.7 Å². The van der Waals surface area contributed by atoms with Gasteiger partial charge in [-0.05, 0) is 42.3 Å². The lowest BCUT2D eigenvalue weighted by Crippen LogP contribution is -2.39. The number of nitrogens with one attached hydrogen (secondary N) is 1. The zero-order chi connectivity index (χ0) is 17.8. The monoisotopic (exact) mass is 367 g/mol. The smallest absolute Gasteiger partial charge is 0.257 e. The second kappa shape index (κ2) is 7.74. The average molecular weight is 367 g/mol. The molecule has 1 fully saturated rings. The number of amides is 1. The molecule has 0 aliphatic carbocycles. The minimum Gasteiger partial charge on any atom is -0.493 e. The van der Waals surface area contributed by atoms with E-state index in [1.165, 1.54) is 0 Å². The Bertz CT molecular complexity index is 837. The number of carbonyl (C=O) groups excluding carboxylic acids is 1. The number of H-pyrrole nitrogens is 1. The van der Waals surface area contributed by atoms with Crippen LogP contribution in [0.5, 0.6) is 5.75 Å². The van der Waals surface area contributed by atoms with Gasteiger partial charge >= 0.3 is 0 Å². The number of nitrogens with zero attached hydrogens (tertiary/aromatic N) is 2. The van der Waals surface area contributed by atoms with E-state index in [4.69, 9.17) is 4.74 Å². The van der Waals surface area contributed by atoms with E-state index in [1.54, 1.807) is 17.5 Å². The molecule has 0 atom stereocenters. The highest BCUT2D eigenvalue weighted by molar-refractivity contribution is 7.08. The van der Waals surface area contributed by atoms with Crippen molar-refractivity contribution in [2.75, 3.05) is 19.7 Å². The molecule has 3 aromatic rings. The SMILES string of the molecule is O=C(c1cn[nH]c1-c1ccsc1)N1CCC(COc2ccccc2)CC1. The van der Waals surface area contributed by atoms with Crippen LogP contribution in [0.15, 0.2) is 53.4 Å². The van der Waals surface area contributed by atoms with Crippen LogP contribution in [0.1, 0.15) is 23.2 Å². The molecule has 1 N–H and O–H groups in total. The molecule has 1 saturated heterocycles. The molecule has 4 rings (SSSR count). The third kappa shape index (κ3) is 3.65. The van der Waals surface area contributed by atoms with E-state index in [-0.39, 0.29) is 5.91 Å². The summed E-state index contributed by atoms with van der Waals surface area (Å²) in [7, 11) is 0. The van der Waals surface area contributed by atoms with E-state index < -0.39 is 0 Å². The van der Waals surface area contributed by atoms with Crippen molar-refractivity contribution in [3.63, 3.8) is 0 Å². The molecule has 1 amide bonds. The molecule has 1 aliphatic rings. The average Bonchev–Trinajstić information content (AvgIpc) is 3.38. The topological polar surface area (TPSA) is 58.2 Å². The lowest BCUT2D eigenvalue weighted by molar-refractivity contribution is 0.0662. The van der Waals surface area contributed by atoms with Gasteiger partial charge in [0.15, 0.2) is 0 Å². The summed E-state index contributed by atoms with van der Waals surface area (Å²) >= 11 is 1.61. The van der Waals surface area contributed by atoms with Gasteiger partial charge in [-0.2, -0.15) is 16.4 Å². The summed E-state index contributed by atoms with van der Waals surface area (Å²) in [6.45, 7) is 2.23. The second-order valence-corrected chi connectivity index (χ2v) is 7.31. The van der Waals surface area contributed by atoms with Crippen LogP contribution < -0.4 is 4.74 Å². The zero-order valence-electron chi connectivity index (χ0n) is 14.4. The molecule has 0 saturated carbocycles. The van der Waals surface area contributed by atoms with Crippen molar-refractivity contribution in [2.45, 2.75) is 12.8 Å². The third-order valence-corrected chi connectivity index (χ3v) is 5.49. The molecule has 1 aromatic carbocycles. The van der Waals surface area contributed by atoms with Gasteiger partial charge in [0.25, 0.3) is 5.91 Å². The Morgan fingerprint density at radius 1 is 1.23 bits per heavy atom. The third-order valence-electron chi connectivity index (χ3n) is 4.81. The number of piperidine rings is 1. The van der Waals surface area contributed by atoms with Crippen LogP contribution >= 0.6 is 11.3 Å². The summed E-state index contributed by atoms with van der Waals surface area (Å²) in [5.74, 6) is 1.45. The maximum atomic E-state index is 12.9. The Hall–Kier alpha value is -2.60. The standard InChI is InChI=1S/C20H21N3O2S/c24-20(18-12-21-22-19(18)16-8-11-26-14-16)23-9-6-15(7-10-23)13-25-17-4-2-1-3-5-17/h1-5,8,11-12,14-15H,6-7,9-10,13H2,(H,21,22). The van der Waals surface area contributed by atoms with Gasteiger partial charge in [0.05, 0.1) is 24.1 Å². The summed E-state index contributed by atoms with van der Waals surface area (Å²) in [5.41, 5.74) is 2.48. The number of thiophene rings is 1. The number of aromatic amines is 1.